The van der Waals surface area contributed by atoms with E-state index in [1.165, 1.54) is 11.6 Å². The molecule has 1 aliphatic heterocycles. The third-order valence-corrected chi connectivity index (χ3v) is 5.27. The number of fused-ring (bicyclic) bond motifs is 1. The predicted octanol–water partition coefficient (Wildman–Crippen LogP) is 5.03. The first-order chi connectivity index (χ1) is 14.6. The van der Waals surface area contributed by atoms with Crippen molar-refractivity contribution in [3.8, 4) is 16.9 Å². The number of rotatable bonds is 10. The number of carboxylic acid groups (broad SMARTS) is 1. The van der Waals surface area contributed by atoms with Crippen LogP contribution in [0.3, 0.4) is 0 Å². The van der Waals surface area contributed by atoms with Gasteiger partial charge in [0.1, 0.15) is 12.4 Å². The normalized spacial score (nSPS) is 13.5. The fourth-order valence-corrected chi connectivity index (χ4v) is 3.76. The fourth-order valence-electron chi connectivity index (χ4n) is 3.76. The van der Waals surface area contributed by atoms with Gasteiger partial charge in [-0.05, 0) is 71.9 Å². The highest BCUT2D eigenvalue weighted by Gasteiger charge is 2.18. The lowest BCUT2D eigenvalue weighted by atomic mass is 9.92. The first kappa shape index (κ1) is 21.9. The number of carboxylic acids is 1. The molecule has 5 heteroatoms. The Bertz CT molecular complexity index is 873. The highest BCUT2D eigenvalue weighted by Crippen LogP contribution is 2.36. The number of anilines is 1. The zero-order valence-electron chi connectivity index (χ0n) is 17.9. The molecule has 0 unspecified atom stereocenters. The van der Waals surface area contributed by atoms with Gasteiger partial charge in [0.25, 0.3) is 0 Å². The molecule has 0 atom stereocenters. The van der Waals surface area contributed by atoms with Gasteiger partial charge in [-0.15, -0.1) is 0 Å². The van der Waals surface area contributed by atoms with Crippen LogP contribution >= 0.6 is 0 Å². The number of aryl methyl sites for hydroxylation is 1. The zero-order chi connectivity index (χ0) is 21.3. The van der Waals surface area contributed by atoms with Gasteiger partial charge in [-0.3, -0.25) is 0 Å². The van der Waals surface area contributed by atoms with Crippen LogP contribution in [0.2, 0.25) is 0 Å². The van der Waals surface area contributed by atoms with Crippen LogP contribution in [-0.4, -0.2) is 44.5 Å². The monoisotopic (exact) mass is 409 g/mol. The summed E-state index contributed by atoms with van der Waals surface area (Å²) in [6, 6.07) is 12.3. The largest absolute Gasteiger partial charge is 0.491 e. The molecule has 3 rings (SSSR count). The average molecular weight is 410 g/mol. The van der Waals surface area contributed by atoms with Crippen molar-refractivity contribution < 1.29 is 19.4 Å². The molecule has 0 radical (unpaired) electrons. The molecule has 0 saturated heterocycles. The number of benzene rings is 2. The smallest absolute Gasteiger partial charge is 0.328 e. The summed E-state index contributed by atoms with van der Waals surface area (Å²) in [5.74, 6) is -0.116. The SMILES string of the molecule is CCCCOCCOc1ccc(-c2cc(/C=C/C(=O)O)c3c(c2)CCCN3C)cc1. The fraction of sp³-hybridized carbons (Fsp3) is 0.400. The van der Waals surface area contributed by atoms with Gasteiger partial charge in [-0.1, -0.05) is 25.5 Å². The molecule has 2 aromatic rings. The number of aliphatic carboxylic acids is 1. The van der Waals surface area contributed by atoms with Crippen molar-refractivity contribution in [1.82, 2.24) is 0 Å². The first-order valence-electron chi connectivity index (χ1n) is 10.7. The molecule has 5 nitrogen and oxygen atoms in total. The zero-order valence-corrected chi connectivity index (χ0v) is 17.9. The maximum absolute atomic E-state index is 11.1. The second-order valence-electron chi connectivity index (χ2n) is 7.61. The number of carbonyl (C=O) groups is 1. The van der Waals surface area contributed by atoms with Gasteiger partial charge in [0.2, 0.25) is 0 Å². The summed E-state index contributed by atoms with van der Waals surface area (Å²) in [4.78, 5) is 13.3. The van der Waals surface area contributed by atoms with Crippen LogP contribution in [0.1, 0.15) is 37.3 Å². The van der Waals surface area contributed by atoms with Gasteiger partial charge < -0.3 is 19.5 Å². The van der Waals surface area contributed by atoms with Crippen LogP contribution in [0.5, 0.6) is 5.75 Å². The molecule has 0 fully saturated rings. The van der Waals surface area contributed by atoms with E-state index in [-0.39, 0.29) is 0 Å². The average Bonchev–Trinajstić information content (AvgIpc) is 2.75. The predicted molar refractivity (Wildman–Crippen MR) is 121 cm³/mol. The minimum atomic E-state index is -0.937. The highest BCUT2D eigenvalue weighted by molar-refractivity contribution is 5.88. The summed E-state index contributed by atoms with van der Waals surface area (Å²) in [6.45, 7) is 5.05. The van der Waals surface area contributed by atoms with Crippen LogP contribution in [0.15, 0.2) is 42.5 Å². The maximum Gasteiger partial charge on any atom is 0.328 e. The van der Waals surface area contributed by atoms with E-state index in [4.69, 9.17) is 14.6 Å². The lowest BCUT2D eigenvalue weighted by Gasteiger charge is -2.30. The minimum Gasteiger partial charge on any atom is -0.491 e. The van der Waals surface area contributed by atoms with E-state index >= 15 is 0 Å². The number of ether oxygens (including phenoxy) is 2. The van der Waals surface area contributed by atoms with Gasteiger partial charge in [-0.25, -0.2) is 4.79 Å². The van der Waals surface area contributed by atoms with Crippen molar-refractivity contribution in [2.75, 3.05) is 38.3 Å². The molecule has 2 aromatic carbocycles. The van der Waals surface area contributed by atoms with E-state index in [9.17, 15) is 4.79 Å². The molecule has 0 aliphatic carbocycles. The third kappa shape index (κ3) is 5.86. The minimum absolute atomic E-state index is 0.540. The summed E-state index contributed by atoms with van der Waals surface area (Å²) in [5, 5.41) is 9.07. The molecular weight excluding hydrogens is 378 g/mol. The second kappa shape index (κ2) is 10.8. The summed E-state index contributed by atoms with van der Waals surface area (Å²) in [6.07, 6.45) is 7.22. The summed E-state index contributed by atoms with van der Waals surface area (Å²) < 4.78 is 11.3. The first-order valence-corrected chi connectivity index (χ1v) is 10.7. The Hall–Kier alpha value is -2.79. The Morgan fingerprint density at radius 1 is 1.13 bits per heavy atom. The summed E-state index contributed by atoms with van der Waals surface area (Å²) in [7, 11) is 2.06. The lowest BCUT2D eigenvalue weighted by Crippen LogP contribution is -2.25. The second-order valence-corrected chi connectivity index (χ2v) is 7.61. The Morgan fingerprint density at radius 3 is 2.67 bits per heavy atom. The van der Waals surface area contributed by atoms with Gasteiger partial charge in [0.15, 0.2) is 0 Å². The summed E-state index contributed by atoms with van der Waals surface area (Å²) >= 11 is 0. The van der Waals surface area contributed by atoms with Gasteiger partial charge in [0.05, 0.1) is 6.61 Å². The molecule has 0 amide bonds. The van der Waals surface area contributed by atoms with E-state index in [0.717, 1.165) is 67.0 Å². The molecule has 30 heavy (non-hydrogen) atoms. The van der Waals surface area contributed by atoms with E-state index in [2.05, 4.69) is 31.0 Å². The quantitative estimate of drug-likeness (QED) is 0.441. The van der Waals surface area contributed by atoms with Crippen LogP contribution in [0, 0.1) is 0 Å². The van der Waals surface area contributed by atoms with E-state index in [1.54, 1.807) is 6.08 Å². The molecule has 0 spiro atoms. The number of nitrogens with zero attached hydrogens (tertiary/aromatic N) is 1. The Kier molecular flexibility index (Phi) is 7.91. The number of hydrogen-bond acceptors (Lipinski definition) is 4. The molecule has 0 saturated carbocycles. The van der Waals surface area contributed by atoms with Crippen LogP contribution < -0.4 is 9.64 Å². The number of unbranched alkanes of at least 4 members (excludes halogenated alkanes) is 1. The van der Waals surface area contributed by atoms with Crippen molar-refractivity contribution in [3.63, 3.8) is 0 Å². The Balaban J connectivity index is 1.75. The van der Waals surface area contributed by atoms with Crippen molar-refractivity contribution in [3.05, 3.63) is 53.6 Å². The standard InChI is InChI=1S/C25H31NO4/c1-3-4-14-29-15-16-30-23-10-7-19(8-11-23)22-17-20-6-5-13-26(2)25(20)21(18-22)9-12-24(27)28/h7-12,17-18H,3-6,13-16H2,1-2H3,(H,27,28)/b12-9+. The highest BCUT2D eigenvalue weighted by atomic mass is 16.5. The van der Waals surface area contributed by atoms with E-state index in [1.807, 2.05) is 24.3 Å². The molecule has 1 aliphatic rings. The molecular formula is C25H31NO4. The van der Waals surface area contributed by atoms with Gasteiger partial charge in [0, 0.05) is 32.0 Å². The van der Waals surface area contributed by atoms with E-state index < -0.39 is 5.97 Å². The van der Waals surface area contributed by atoms with Crippen molar-refractivity contribution in [1.29, 1.82) is 0 Å². The van der Waals surface area contributed by atoms with Crippen molar-refractivity contribution >= 4 is 17.7 Å². The molecule has 160 valence electrons. The Morgan fingerprint density at radius 2 is 1.93 bits per heavy atom. The molecule has 1 N–H and O–H groups in total. The van der Waals surface area contributed by atoms with E-state index in [0.29, 0.717) is 13.2 Å². The molecule has 1 heterocycles. The topological polar surface area (TPSA) is 59.0 Å². The lowest BCUT2D eigenvalue weighted by molar-refractivity contribution is -0.131. The van der Waals surface area contributed by atoms with Gasteiger partial charge in [-0.2, -0.15) is 0 Å². The van der Waals surface area contributed by atoms with Crippen LogP contribution in [-0.2, 0) is 16.0 Å². The third-order valence-electron chi connectivity index (χ3n) is 5.27. The summed E-state index contributed by atoms with van der Waals surface area (Å²) in [5.41, 5.74) is 5.50. The van der Waals surface area contributed by atoms with Gasteiger partial charge >= 0.3 is 5.97 Å². The molecule has 0 aromatic heterocycles. The van der Waals surface area contributed by atoms with Crippen LogP contribution in [0.4, 0.5) is 5.69 Å². The molecule has 0 bridgehead atoms. The van der Waals surface area contributed by atoms with Crippen molar-refractivity contribution in [2.24, 2.45) is 0 Å². The van der Waals surface area contributed by atoms with Crippen molar-refractivity contribution in [2.45, 2.75) is 32.6 Å². The Labute approximate surface area is 178 Å². The maximum atomic E-state index is 11.1. The number of hydrogen-bond donors (Lipinski definition) is 1. The van der Waals surface area contributed by atoms with Crippen LogP contribution in [0.25, 0.3) is 17.2 Å².